The van der Waals surface area contributed by atoms with Gasteiger partial charge >= 0.3 is 0 Å². The summed E-state index contributed by atoms with van der Waals surface area (Å²) >= 11 is 1.55. The molecule has 2 aliphatic rings. The van der Waals surface area contributed by atoms with Crippen molar-refractivity contribution < 1.29 is 14.6 Å². The molecule has 2 aromatic rings. The normalized spacial score (nSPS) is 21.2. The lowest BCUT2D eigenvalue weighted by atomic mass is 9.93. The molecule has 124 valence electrons. The molecule has 4 heteroatoms. The van der Waals surface area contributed by atoms with Gasteiger partial charge in [-0.3, -0.25) is 0 Å². The molecular weight excluding hydrogens is 320 g/mol. The van der Waals surface area contributed by atoms with Gasteiger partial charge in [0.05, 0.1) is 4.90 Å². The summed E-state index contributed by atoms with van der Waals surface area (Å²) in [6.07, 6.45) is -0.207. The fourth-order valence-corrected chi connectivity index (χ4v) is 4.51. The van der Waals surface area contributed by atoms with Crippen molar-refractivity contribution in [1.29, 1.82) is 0 Å². The number of aryl methyl sites for hydroxylation is 1. The molecule has 0 amide bonds. The van der Waals surface area contributed by atoms with Crippen molar-refractivity contribution in [2.45, 2.75) is 43.6 Å². The van der Waals surface area contributed by atoms with E-state index < -0.39 is 4.93 Å². The second kappa shape index (κ2) is 5.30. The van der Waals surface area contributed by atoms with Crippen LogP contribution in [0.4, 0.5) is 0 Å². The second-order valence-electron chi connectivity index (χ2n) is 6.76. The summed E-state index contributed by atoms with van der Waals surface area (Å²) in [5.74, 6) is 1.95. The van der Waals surface area contributed by atoms with Crippen LogP contribution in [0.25, 0.3) is 5.76 Å². The number of phenolic OH excluding ortho intramolecular Hbond substituents is 1. The molecule has 1 unspecified atom stereocenters. The van der Waals surface area contributed by atoms with Gasteiger partial charge in [-0.25, -0.2) is 0 Å². The van der Waals surface area contributed by atoms with Crippen LogP contribution in [0.5, 0.6) is 11.5 Å². The van der Waals surface area contributed by atoms with E-state index in [1.807, 2.05) is 64.1 Å². The maximum absolute atomic E-state index is 10.6. The van der Waals surface area contributed by atoms with Gasteiger partial charge in [0.1, 0.15) is 28.3 Å². The minimum Gasteiger partial charge on any atom is -0.506 e. The Morgan fingerprint density at radius 2 is 1.83 bits per heavy atom. The van der Waals surface area contributed by atoms with Crippen molar-refractivity contribution in [1.82, 2.24) is 0 Å². The average molecular weight is 340 g/mol. The van der Waals surface area contributed by atoms with E-state index >= 15 is 0 Å². The van der Waals surface area contributed by atoms with Crippen molar-refractivity contribution in [2.24, 2.45) is 0 Å². The lowest BCUT2D eigenvalue weighted by molar-refractivity contribution is -0.00580. The van der Waals surface area contributed by atoms with Crippen molar-refractivity contribution in [3.63, 3.8) is 0 Å². The third-order valence-corrected chi connectivity index (χ3v) is 5.66. The van der Waals surface area contributed by atoms with Crippen LogP contribution in [0.3, 0.4) is 0 Å². The average Bonchev–Trinajstić information content (AvgIpc) is 2.55. The van der Waals surface area contributed by atoms with Crippen molar-refractivity contribution >= 4 is 17.5 Å². The van der Waals surface area contributed by atoms with Gasteiger partial charge in [-0.2, -0.15) is 0 Å². The Hall–Kier alpha value is -1.91. The number of thioether (sulfide) groups is 1. The zero-order valence-electron chi connectivity index (χ0n) is 14.2. The first-order chi connectivity index (χ1) is 11.4. The smallest absolute Gasteiger partial charge is 0.136 e. The summed E-state index contributed by atoms with van der Waals surface area (Å²) in [5, 5.41) is 10.6. The highest BCUT2D eigenvalue weighted by atomic mass is 32.2. The van der Waals surface area contributed by atoms with Crippen LogP contribution in [0.1, 0.15) is 43.6 Å². The summed E-state index contributed by atoms with van der Waals surface area (Å²) in [7, 11) is 0. The summed E-state index contributed by atoms with van der Waals surface area (Å²) in [6, 6.07) is 12.0. The molecule has 3 nitrogen and oxygen atoms in total. The predicted molar refractivity (Wildman–Crippen MR) is 96.3 cm³/mol. The van der Waals surface area contributed by atoms with E-state index in [9.17, 15) is 5.11 Å². The molecule has 24 heavy (non-hydrogen) atoms. The van der Waals surface area contributed by atoms with Crippen molar-refractivity contribution in [3.05, 3.63) is 58.7 Å². The summed E-state index contributed by atoms with van der Waals surface area (Å²) in [4.78, 5) is 0.457. The molecule has 0 aromatic heterocycles. The molecule has 1 N–H and O–H groups in total. The van der Waals surface area contributed by atoms with Crippen LogP contribution in [0.15, 0.2) is 46.9 Å². The van der Waals surface area contributed by atoms with Gasteiger partial charge in [0.25, 0.3) is 0 Å². The Morgan fingerprint density at radius 3 is 2.54 bits per heavy atom. The monoisotopic (exact) mass is 340 g/mol. The molecule has 0 saturated carbocycles. The number of hydrogen-bond acceptors (Lipinski definition) is 4. The van der Waals surface area contributed by atoms with E-state index in [1.54, 1.807) is 11.8 Å². The summed E-state index contributed by atoms with van der Waals surface area (Å²) < 4.78 is 12.6. The first-order valence-corrected chi connectivity index (χ1v) is 8.86. The SMILES string of the molecule is CC1=C(c2ccccc2)Oc2cc(C)c(O)c3c2C1OC(C)(C)S3. The highest BCUT2D eigenvalue weighted by molar-refractivity contribution is 8.00. The standard InChI is InChI=1S/C20H20O3S/c1-11-10-14-15-18(23-20(3,4)24-19(15)16(11)21)12(2)17(22-14)13-8-6-5-7-9-13/h5-10,18,21H,1-4H3. The second-order valence-corrected chi connectivity index (χ2v) is 8.36. The van der Waals surface area contributed by atoms with Gasteiger partial charge < -0.3 is 14.6 Å². The predicted octanol–water partition coefficient (Wildman–Crippen LogP) is 5.42. The minimum atomic E-state index is -0.416. The van der Waals surface area contributed by atoms with Crippen LogP contribution in [0, 0.1) is 6.92 Å². The molecule has 4 rings (SSSR count). The Kier molecular flexibility index (Phi) is 3.44. The molecule has 2 aliphatic heterocycles. The maximum atomic E-state index is 10.6. The fourth-order valence-electron chi connectivity index (χ4n) is 3.30. The van der Waals surface area contributed by atoms with Crippen LogP contribution in [-0.4, -0.2) is 10.0 Å². The third-order valence-electron chi connectivity index (χ3n) is 4.46. The van der Waals surface area contributed by atoms with Crippen LogP contribution in [-0.2, 0) is 4.74 Å². The van der Waals surface area contributed by atoms with E-state index in [0.29, 0.717) is 5.75 Å². The molecule has 0 bridgehead atoms. The Labute approximate surface area is 146 Å². The van der Waals surface area contributed by atoms with Gasteiger partial charge in [0.15, 0.2) is 0 Å². The van der Waals surface area contributed by atoms with Crippen LogP contribution < -0.4 is 4.74 Å². The van der Waals surface area contributed by atoms with Gasteiger partial charge in [0, 0.05) is 16.7 Å². The lowest BCUT2D eigenvalue weighted by Gasteiger charge is -2.41. The van der Waals surface area contributed by atoms with Crippen molar-refractivity contribution in [2.75, 3.05) is 0 Å². The first kappa shape index (κ1) is 15.6. The van der Waals surface area contributed by atoms with Crippen LogP contribution in [0.2, 0.25) is 0 Å². The van der Waals surface area contributed by atoms with Gasteiger partial charge in [-0.15, -0.1) is 0 Å². The number of benzene rings is 2. The Bertz CT molecular complexity index is 853. The Balaban J connectivity index is 1.95. The number of phenols is 1. The zero-order valence-corrected chi connectivity index (χ0v) is 15.0. The molecule has 0 radical (unpaired) electrons. The third kappa shape index (κ3) is 2.33. The van der Waals surface area contributed by atoms with Gasteiger partial charge in [0.2, 0.25) is 0 Å². The number of aromatic hydroxyl groups is 1. The molecule has 2 aromatic carbocycles. The van der Waals surface area contributed by atoms with Crippen molar-refractivity contribution in [3.8, 4) is 11.5 Å². The van der Waals surface area contributed by atoms with E-state index in [0.717, 1.165) is 38.7 Å². The first-order valence-electron chi connectivity index (χ1n) is 8.05. The summed E-state index contributed by atoms with van der Waals surface area (Å²) in [6.45, 7) is 8.02. The highest BCUT2D eigenvalue weighted by Gasteiger charge is 2.42. The fraction of sp³-hybridized carbons (Fsp3) is 0.300. The van der Waals surface area contributed by atoms with E-state index in [4.69, 9.17) is 9.47 Å². The number of hydrogen-bond donors (Lipinski definition) is 1. The van der Waals surface area contributed by atoms with Crippen LogP contribution >= 0.6 is 11.8 Å². The largest absolute Gasteiger partial charge is 0.506 e. The minimum absolute atomic E-state index is 0.207. The quantitative estimate of drug-likeness (QED) is 0.752. The van der Waals surface area contributed by atoms with E-state index in [1.165, 1.54) is 0 Å². The summed E-state index contributed by atoms with van der Waals surface area (Å²) in [5.41, 5.74) is 3.83. The molecule has 2 heterocycles. The molecule has 0 saturated heterocycles. The highest BCUT2D eigenvalue weighted by Crippen LogP contribution is 2.58. The van der Waals surface area contributed by atoms with E-state index in [2.05, 4.69) is 0 Å². The number of ether oxygens (including phenoxy) is 2. The molecular formula is C20H20O3S. The van der Waals surface area contributed by atoms with Gasteiger partial charge in [-0.05, 0) is 39.3 Å². The number of rotatable bonds is 1. The van der Waals surface area contributed by atoms with Gasteiger partial charge in [-0.1, -0.05) is 42.1 Å². The molecule has 1 atom stereocenters. The van der Waals surface area contributed by atoms with E-state index in [-0.39, 0.29) is 6.10 Å². The Morgan fingerprint density at radius 1 is 1.12 bits per heavy atom. The molecule has 0 aliphatic carbocycles. The zero-order chi connectivity index (χ0) is 17.1. The maximum Gasteiger partial charge on any atom is 0.136 e. The molecule has 0 spiro atoms. The topological polar surface area (TPSA) is 38.7 Å². The lowest BCUT2D eigenvalue weighted by Crippen LogP contribution is -2.31. The molecule has 0 fully saturated rings.